The van der Waals surface area contributed by atoms with E-state index in [9.17, 15) is 19.7 Å². The van der Waals surface area contributed by atoms with Crippen LogP contribution in [0.3, 0.4) is 0 Å². The van der Waals surface area contributed by atoms with E-state index in [1.165, 1.54) is 30.8 Å². The van der Waals surface area contributed by atoms with E-state index in [0.717, 1.165) is 16.9 Å². The van der Waals surface area contributed by atoms with Gasteiger partial charge in [-0.3, -0.25) is 14.9 Å². The third-order valence-corrected chi connectivity index (χ3v) is 6.18. The van der Waals surface area contributed by atoms with Crippen LogP contribution in [0.1, 0.15) is 29.1 Å². The number of hydrogen-bond acceptors (Lipinski definition) is 7. The number of anilines is 1. The summed E-state index contributed by atoms with van der Waals surface area (Å²) in [6, 6.07) is 12.6. The van der Waals surface area contributed by atoms with Crippen molar-refractivity contribution in [3.8, 4) is 0 Å². The molecule has 7 nitrogen and oxygen atoms in total. The zero-order valence-corrected chi connectivity index (χ0v) is 17.4. The first-order chi connectivity index (χ1) is 13.9. The SMILES string of the molecule is CCOC(=O)c1sc2cc([N+](=O)[O-])cc(SCc3ccccc3)c2c1NC(C)=O. The largest absolute Gasteiger partial charge is 0.462 e. The zero-order valence-electron chi connectivity index (χ0n) is 15.8. The van der Waals surface area contributed by atoms with Gasteiger partial charge in [-0.05, 0) is 12.5 Å². The van der Waals surface area contributed by atoms with Crippen molar-refractivity contribution in [1.29, 1.82) is 0 Å². The molecule has 150 valence electrons. The molecule has 0 fully saturated rings. The van der Waals surface area contributed by atoms with Gasteiger partial charge in [-0.15, -0.1) is 23.1 Å². The first-order valence-electron chi connectivity index (χ1n) is 8.77. The minimum atomic E-state index is -0.570. The highest BCUT2D eigenvalue weighted by atomic mass is 32.2. The molecule has 0 spiro atoms. The van der Waals surface area contributed by atoms with E-state index in [1.54, 1.807) is 6.92 Å². The lowest BCUT2D eigenvalue weighted by Gasteiger charge is -2.09. The molecule has 0 bridgehead atoms. The highest BCUT2D eigenvalue weighted by Crippen LogP contribution is 2.44. The summed E-state index contributed by atoms with van der Waals surface area (Å²) < 4.78 is 5.65. The zero-order chi connectivity index (χ0) is 21.0. The fourth-order valence-corrected chi connectivity index (χ4v) is 5.02. The third-order valence-electron chi connectivity index (χ3n) is 3.95. The average molecular weight is 431 g/mol. The maximum atomic E-state index is 12.4. The lowest BCUT2D eigenvalue weighted by atomic mass is 10.2. The third kappa shape index (κ3) is 4.75. The molecular formula is C20H18N2O5S2. The topological polar surface area (TPSA) is 98.5 Å². The van der Waals surface area contributed by atoms with Gasteiger partial charge in [0.05, 0.1) is 17.2 Å². The number of carbonyl (C=O) groups is 2. The van der Waals surface area contributed by atoms with Crippen molar-refractivity contribution in [2.24, 2.45) is 0 Å². The minimum Gasteiger partial charge on any atom is -0.462 e. The van der Waals surface area contributed by atoms with Crippen molar-refractivity contribution in [2.75, 3.05) is 11.9 Å². The molecule has 0 unspecified atom stereocenters. The van der Waals surface area contributed by atoms with Crippen LogP contribution in [-0.2, 0) is 15.3 Å². The summed E-state index contributed by atoms with van der Waals surface area (Å²) in [5, 5.41) is 14.7. The van der Waals surface area contributed by atoms with Crippen LogP contribution >= 0.6 is 23.1 Å². The molecule has 29 heavy (non-hydrogen) atoms. The number of nitrogens with zero attached hydrogens (tertiary/aromatic N) is 1. The lowest BCUT2D eigenvalue weighted by Crippen LogP contribution is -2.11. The second-order valence-electron chi connectivity index (χ2n) is 6.06. The number of nitro groups is 1. The molecule has 2 aromatic carbocycles. The van der Waals surface area contributed by atoms with Gasteiger partial charge in [-0.1, -0.05) is 30.3 Å². The number of hydrogen-bond donors (Lipinski definition) is 1. The van der Waals surface area contributed by atoms with E-state index >= 15 is 0 Å². The van der Waals surface area contributed by atoms with Crippen LogP contribution in [0, 0.1) is 10.1 Å². The highest BCUT2D eigenvalue weighted by molar-refractivity contribution is 7.98. The summed E-state index contributed by atoms with van der Waals surface area (Å²) in [6.45, 7) is 3.22. The van der Waals surface area contributed by atoms with Crippen molar-refractivity contribution in [1.82, 2.24) is 0 Å². The predicted molar refractivity (Wildman–Crippen MR) is 115 cm³/mol. The summed E-state index contributed by atoms with van der Waals surface area (Å²) in [5.74, 6) is -0.326. The Kier molecular flexibility index (Phi) is 6.50. The molecule has 0 aliphatic heterocycles. The molecule has 3 rings (SSSR count). The van der Waals surface area contributed by atoms with E-state index in [2.05, 4.69) is 5.32 Å². The number of nitrogens with one attached hydrogen (secondary N) is 1. The normalized spacial score (nSPS) is 10.7. The Balaban J connectivity index is 2.16. The first kappa shape index (κ1) is 20.8. The van der Waals surface area contributed by atoms with Crippen LogP contribution in [0.5, 0.6) is 0 Å². The Morgan fingerprint density at radius 1 is 1.24 bits per heavy atom. The Morgan fingerprint density at radius 3 is 2.59 bits per heavy atom. The molecule has 1 aromatic heterocycles. The Hall–Kier alpha value is -2.91. The molecule has 0 saturated heterocycles. The first-order valence-corrected chi connectivity index (χ1v) is 10.6. The highest BCUT2D eigenvalue weighted by Gasteiger charge is 2.25. The number of thiophene rings is 1. The van der Waals surface area contributed by atoms with Crippen LogP contribution in [0.4, 0.5) is 11.4 Å². The Bertz CT molecular complexity index is 1080. The molecule has 0 atom stereocenters. The van der Waals surface area contributed by atoms with E-state index in [0.29, 0.717) is 26.4 Å². The molecule has 0 aliphatic rings. The number of fused-ring (bicyclic) bond motifs is 1. The predicted octanol–water partition coefficient (Wildman–Crippen LogP) is 5.24. The van der Waals surface area contributed by atoms with Gasteiger partial charge in [0.25, 0.3) is 5.69 Å². The Morgan fingerprint density at radius 2 is 1.97 bits per heavy atom. The second kappa shape index (κ2) is 9.06. The van der Waals surface area contributed by atoms with Crippen LogP contribution < -0.4 is 5.32 Å². The second-order valence-corrected chi connectivity index (χ2v) is 8.13. The van der Waals surface area contributed by atoms with Gasteiger partial charge in [0.2, 0.25) is 5.91 Å². The lowest BCUT2D eigenvalue weighted by molar-refractivity contribution is -0.384. The number of ether oxygens (including phenoxy) is 1. The van der Waals surface area contributed by atoms with Crippen LogP contribution in [0.25, 0.3) is 10.1 Å². The molecule has 0 aliphatic carbocycles. The van der Waals surface area contributed by atoms with Gasteiger partial charge in [-0.25, -0.2) is 4.79 Å². The van der Waals surface area contributed by atoms with Gasteiger partial charge in [-0.2, -0.15) is 0 Å². The number of non-ortho nitro benzene ring substituents is 1. The number of nitro benzene ring substituents is 1. The van der Waals surface area contributed by atoms with Gasteiger partial charge < -0.3 is 10.1 Å². The smallest absolute Gasteiger partial charge is 0.350 e. The summed E-state index contributed by atoms with van der Waals surface area (Å²) in [6.07, 6.45) is 0. The van der Waals surface area contributed by atoms with Crippen molar-refractivity contribution >= 4 is 56.4 Å². The number of esters is 1. The minimum absolute atomic E-state index is 0.0703. The quantitative estimate of drug-likeness (QED) is 0.238. The molecular weight excluding hydrogens is 412 g/mol. The number of carbonyl (C=O) groups excluding carboxylic acids is 2. The van der Waals surface area contributed by atoms with E-state index in [1.807, 2.05) is 30.3 Å². The molecule has 1 N–H and O–H groups in total. The van der Waals surface area contributed by atoms with Gasteiger partial charge in [0.1, 0.15) is 4.88 Å². The maximum Gasteiger partial charge on any atom is 0.350 e. The maximum absolute atomic E-state index is 12.4. The van der Waals surface area contributed by atoms with Crippen LogP contribution in [0.2, 0.25) is 0 Å². The number of amides is 1. The fourth-order valence-electron chi connectivity index (χ4n) is 2.77. The summed E-state index contributed by atoms with van der Waals surface area (Å²) >= 11 is 2.49. The summed E-state index contributed by atoms with van der Waals surface area (Å²) in [5.41, 5.74) is 1.32. The summed E-state index contributed by atoms with van der Waals surface area (Å²) in [4.78, 5) is 36.0. The number of thioether (sulfide) groups is 1. The molecule has 3 aromatic rings. The van der Waals surface area contributed by atoms with Crippen molar-refractivity contribution in [3.05, 3.63) is 63.0 Å². The van der Waals surface area contributed by atoms with E-state index in [-0.39, 0.29) is 23.1 Å². The molecule has 0 radical (unpaired) electrons. The monoisotopic (exact) mass is 430 g/mol. The fraction of sp³-hybridized carbons (Fsp3) is 0.200. The van der Waals surface area contributed by atoms with Crippen LogP contribution in [0.15, 0.2) is 47.4 Å². The number of rotatable bonds is 7. The molecule has 1 amide bonds. The van der Waals surface area contributed by atoms with E-state index in [4.69, 9.17) is 4.74 Å². The molecule has 9 heteroatoms. The van der Waals surface area contributed by atoms with E-state index < -0.39 is 10.9 Å². The molecule has 1 heterocycles. The van der Waals surface area contributed by atoms with Gasteiger partial charge in [0, 0.05) is 39.8 Å². The van der Waals surface area contributed by atoms with Crippen LogP contribution in [-0.4, -0.2) is 23.4 Å². The van der Waals surface area contributed by atoms with Gasteiger partial charge >= 0.3 is 5.97 Å². The number of benzene rings is 2. The Labute approximate surface area is 175 Å². The van der Waals surface area contributed by atoms with Crippen molar-refractivity contribution in [2.45, 2.75) is 24.5 Å². The van der Waals surface area contributed by atoms with Gasteiger partial charge in [0.15, 0.2) is 0 Å². The molecule has 0 saturated carbocycles. The summed E-state index contributed by atoms with van der Waals surface area (Å²) in [7, 11) is 0. The van der Waals surface area contributed by atoms with Crippen molar-refractivity contribution in [3.63, 3.8) is 0 Å². The average Bonchev–Trinajstić information content (AvgIpc) is 3.05. The van der Waals surface area contributed by atoms with Crippen molar-refractivity contribution < 1.29 is 19.2 Å². The standard InChI is InChI=1S/C20H18N2O5S2/c1-3-27-20(24)19-18(21-12(2)23)17-15(28-11-13-7-5-4-6-8-13)9-14(22(25)26)10-16(17)29-19/h4-10H,3,11H2,1-2H3,(H,21,23).